The molecule has 1 heterocycles. The average Bonchev–Trinajstić information content (AvgIpc) is 2.87. The summed E-state index contributed by atoms with van der Waals surface area (Å²) >= 11 is 6.03. The molecule has 0 radical (unpaired) electrons. The van der Waals surface area contributed by atoms with Gasteiger partial charge in [-0.2, -0.15) is 0 Å². The summed E-state index contributed by atoms with van der Waals surface area (Å²) in [7, 11) is -3.22. The molecule has 0 bridgehead atoms. The Labute approximate surface area is 146 Å². The van der Waals surface area contributed by atoms with Gasteiger partial charge in [0, 0.05) is 12.2 Å². The zero-order chi connectivity index (χ0) is 17.3. The maximum atomic E-state index is 12.3. The lowest BCUT2D eigenvalue weighted by Gasteiger charge is -2.20. The SMILES string of the molecule is Cc1cc(NC(=O)c2ccccc2Cl)ccc1N1CCCS1(=O)=O. The summed E-state index contributed by atoms with van der Waals surface area (Å²) in [5.41, 5.74) is 2.43. The molecule has 2 aromatic carbocycles. The Bertz CT molecular complexity index is 896. The second kappa shape index (κ2) is 6.45. The summed E-state index contributed by atoms with van der Waals surface area (Å²) in [4.78, 5) is 12.3. The lowest BCUT2D eigenvalue weighted by atomic mass is 10.1. The molecule has 0 unspecified atom stereocenters. The van der Waals surface area contributed by atoms with Crippen LogP contribution in [-0.4, -0.2) is 26.6 Å². The molecule has 0 atom stereocenters. The molecular weight excluding hydrogens is 348 g/mol. The Morgan fingerprint density at radius 2 is 1.96 bits per heavy atom. The van der Waals surface area contributed by atoms with E-state index in [9.17, 15) is 13.2 Å². The molecule has 5 nitrogen and oxygen atoms in total. The fourth-order valence-corrected chi connectivity index (χ4v) is 4.61. The van der Waals surface area contributed by atoms with Gasteiger partial charge in [-0.15, -0.1) is 0 Å². The van der Waals surface area contributed by atoms with Gasteiger partial charge in [-0.3, -0.25) is 9.10 Å². The van der Waals surface area contributed by atoms with Crippen LogP contribution in [0, 0.1) is 6.92 Å². The number of carbonyl (C=O) groups excluding carboxylic acids is 1. The summed E-state index contributed by atoms with van der Waals surface area (Å²) in [5, 5.41) is 3.17. The molecule has 126 valence electrons. The Balaban J connectivity index is 1.83. The second-order valence-electron chi connectivity index (χ2n) is 5.68. The van der Waals surface area contributed by atoms with Crippen LogP contribution in [0.3, 0.4) is 0 Å². The number of rotatable bonds is 3. The van der Waals surface area contributed by atoms with Gasteiger partial charge in [-0.25, -0.2) is 8.42 Å². The highest BCUT2D eigenvalue weighted by Crippen LogP contribution is 2.29. The van der Waals surface area contributed by atoms with Gasteiger partial charge in [0.05, 0.1) is 22.0 Å². The van der Waals surface area contributed by atoms with Gasteiger partial charge in [-0.1, -0.05) is 23.7 Å². The van der Waals surface area contributed by atoms with E-state index in [0.29, 0.717) is 34.9 Å². The van der Waals surface area contributed by atoms with E-state index in [2.05, 4.69) is 5.32 Å². The van der Waals surface area contributed by atoms with Crippen molar-refractivity contribution in [2.24, 2.45) is 0 Å². The first-order valence-corrected chi connectivity index (χ1v) is 9.54. The Morgan fingerprint density at radius 3 is 2.58 bits per heavy atom. The van der Waals surface area contributed by atoms with Crippen LogP contribution < -0.4 is 9.62 Å². The summed E-state index contributed by atoms with van der Waals surface area (Å²) < 4.78 is 25.5. The third kappa shape index (κ3) is 3.25. The van der Waals surface area contributed by atoms with Crippen molar-refractivity contribution in [3.05, 3.63) is 58.6 Å². The van der Waals surface area contributed by atoms with Gasteiger partial charge in [0.15, 0.2) is 0 Å². The van der Waals surface area contributed by atoms with E-state index in [0.717, 1.165) is 5.56 Å². The third-order valence-corrected chi connectivity index (χ3v) is 6.13. The van der Waals surface area contributed by atoms with E-state index in [1.54, 1.807) is 42.5 Å². The molecule has 0 aliphatic carbocycles. The number of amides is 1. The Kier molecular flexibility index (Phi) is 4.51. The monoisotopic (exact) mass is 364 g/mol. The highest BCUT2D eigenvalue weighted by atomic mass is 35.5. The first-order valence-electron chi connectivity index (χ1n) is 7.55. The molecule has 24 heavy (non-hydrogen) atoms. The number of hydrogen-bond acceptors (Lipinski definition) is 3. The highest BCUT2D eigenvalue weighted by Gasteiger charge is 2.29. The molecule has 1 N–H and O–H groups in total. The zero-order valence-electron chi connectivity index (χ0n) is 13.1. The topological polar surface area (TPSA) is 66.5 Å². The van der Waals surface area contributed by atoms with Gasteiger partial charge < -0.3 is 5.32 Å². The first-order chi connectivity index (χ1) is 11.4. The molecular formula is C17H17ClN2O3S. The number of hydrogen-bond donors (Lipinski definition) is 1. The predicted octanol–water partition coefficient (Wildman–Crippen LogP) is 3.44. The molecule has 7 heteroatoms. The number of halogens is 1. The Morgan fingerprint density at radius 1 is 1.21 bits per heavy atom. The van der Waals surface area contributed by atoms with Gasteiger partial charge in [0.2, 0.25) is 10.0 Å². The van der Waals surface area contributed by atoms with E-state index < -0.39 is 10.0 Å². The average molecular weight is 365 g/mol. The predicted molar refractivity (Wildman–Crippen MR) is 96.3 cm³/mol. The van der Waals surface area contributed by atoms with E-state index in [1.807, 2.05) is 6.92 Å². The molecule has 1 amide bonds. The number of sulfonamides is 1. The quantitative estimate of drug-likeness (QED) is 0.907. The fraction of sp³-hybridized carbons (Fsp3) is 0.235. The van der Waals surface area contributed by atoms with Gasteiger partial charge >= 0.3 is 0 Å². The summed E-state index contributed by atoms with van der Waals surface area (Å²) in [6, 6.07) is 12.0. The maximum absolute atomic E-state index is 12.3. The number of anilines is 2. The van der Waals surface area contributed by atoms with Crippen LogP contribution in [0.5, 0.6) is 0 Å². The number of benzene rings is 2. The van der Waals surface area contributed by atoms with Crippen molar-refractivity contribution in [2.45, 2.75) is 13.3 Å². The lowest BCUT2D eigenvalue weighted by molar-refractivity contribution is 0.102. The second-order valence-corrected chi connectivity index (χ2v) is 8.10. The largest absolute Gasteiger partial charge is 0.322 e. The smallest absolute Gasteiger partial charge is 0.257 e. The molecule has 1 saturated heterocycles. The van der Waals surface area contributed by atoms with Crippen molar-refractivity contribution in [2.75, 3.05) is 21.9 Å². The van der Waals surface area contributed by atoms with E-state index in [-0.39, 0.29) is 11.7 Å². The molecule has 2 aromatic rings. The van der Waals surface area contributed by atoms with E-state index in [4.69, 9.17) is 11.6 Å². The number of nitrogens with one attached hydrogen (secondary N) is 1. The zero-order valence-corrected chi connectivity index (χ0v) is 14.7. The van der Waals surface area contributed by atoms with Crippen LogP contribution in [0.2, 0.25) is 5.02 Å². The molecule has 0 saturated carbocycles. The van der Waals surface area contributed by atoms with Crippen molar-refractivity contribution in [1.29, 1.82) is 0 Å². The van der Waals surface area contributed by atoms with Crippen LogP contribution in [0.1, 0.15) is 22.3 Å². The van der Waals surface area contributed by atoms with E-state index in [1.165, 1.54) is 4.31 Å². The summed E-state index contributed by atoms with van der Waals surface area (Å²) in [6.45, 7) is 2.32. The van der Waals surface area contributed by atoms with Crippen molar-refractivity contribution in [1.82, 2.24) is 0 Å². The summed E-state index contributed by atoms with van der Waals surface area (Å²) in [6.07, 6.45) is 0.632. The standard InChI is InChI=1S/C17H17ClN2O3S/c1-12-11-13(19-17(21)14-5-2-3-6-15(14)18)7-8-16(12)20-9-4-10-24(20,22)23/h2-3,5-8,11H,4,9-10H2,1H3,(H,19,21). The first kappa shape index (κ1) is 16.8. The van der Waals surface area contributed by atoms with Crippen LogP contribution in [0.25, 0.3) is 0 Å². The van der Waals surface area contributed by atoms with Crippen LogP contribution >= 0.6 is 11.6 Å². The number of carbonyl (C=O) groups is 1. The molecule has 3 rings (SSSR count). The van der Waals surface area contributed by atoms with Gasteiger partial charge in [-0.05, 0) is 49.2 Å². The van der Waals surface area contributed by atoms with Gasteiger partial charge in [0.1, 0.15) is 0 Å². The molecule has 1 aliphatic heterocycles. The molecule has 1 aliphatic rings. The van der Waals surface area contributed by atoms with Crippen molar-refractivity contribution in [3.8, 4) is 0 Å². The third-order valence-electron chi connectivity index (χ3n) is 3.94. The number of nitrogens with zero attached hydrogens (tertiary/aromatic N) is 1. The number of aryl methyl sites for hydroxylation is 1. The van der Waals surface area contributed by atoms with E-state index >= 15 is 0 Å². The summed E-state index contributed by atoms with van der Waals surface area (Å²) in [5.74, 6) is -0.126. The van der Waals surface area contributed by atoms with Crippen molar-refractivity contribution in [3.63, 3.8) is 0 Å². The van der Waals surface area contributed by atoms with Crippen LogP contribution in [0.15, 0.2) is 42.5 Å². The minimum atomic E-state index is -3.22. The van der Waals surface area contributed by atoms with Crippen LogP contribution in [0.4, 0.5) is 11.4 Å². The fourth-order valence-electron chi connectivity index (χ4n) is 2.77. The molecule has 1 fully saturated rings. The normalized spacial score (nSPS) is 16.2. The maximum Gasteiger partial charge on any atom is 0.257 e. The highest BCUT2D eigenvalue weighted by molar-refractivity contribution is 7.93. The van der Waals surface area contributed by atoms with Crippen molar-refractivity contribution < 1.29 is 13.2 Å². The van der Waals surface area contributed by atoms with Crippen LogP contribution in [-0.2, 0) is 10.0 Å². The minimum Gasteiger partial charge on any atom is -0.322 e. The Hall–Kier alpha value is -2.05. The molecule has 0 aromatic heterocycles. The molecule has 0 spiro atoms. The lowest BCUT2D eigenvalue weighted by Crippen LogP contribution is -2.25. The van der Waals surface area contributed by atoms with Crippen molar-refractivity contribution >= 4 is 38.9 Å². The van der Waals surface area contributed by atoms with Gasteiger partial charge in [0.25, 0.3) is 5.91 Å². The minimum absolute atomic E-state index is 0.178.